The molecule has 0 bridgehead atoms. The Bertz CT molecular complexity index is 730. The van der Waals surface area contributed by atoms with E-state index in [1.807, 2.05) is 37.3 Å². The van der Waals surface area contributed by atoms with Gasteiger partial charge in [0.05, 0.1) is 5.69 Å². The molecule has 3 N–H and O–H groups in total. The van der Waals surface area contributed by atoms with E-state index in [2.05, 4.69) is 21.2 Å². The van der Waals surface area contributed by atoms with E-state index in [9.17, 15) is 4.79 Å². The number of hydrazine groups is 1. The van der Waals surface area contributed by atoms with Crippen LogP contribution in [0.5, 0.6) is 0 Å². The number of nitrogens with zero attached hydrogens (tertiary/aromatic N) is 1. The molecule has 3 atom stereocenters. The summed E-state index contributed by atoms with van der Waals surface area (Å²) in [4.78, 5) is 18.0. The van der Waals surface area contributed by atoms with Crippen LogP contribution in [0, 0.1) is 12.8 Å². The molecule has 126 valence electrons. The minimum absolute atomic E-state index is 0.0227. The smallest absolute Gasteiger partial charge is 0.263 e. The van der Waals surface area contributed by atoms with Gasteiger partial charge in [0.25, 0.3) is 5.91 Å². The van der Waals surface area contributed by atoms with Crippen LogP contribution in [-0.4, -0.2) is 29.5 Å². The number of carbonyl (C=O) groups is 1. The molecule has 0 spiro atoms. The number of benzene rings is 1. The second kappa shape index (κ2) is 6.63. The molecule has 1 saturated heterocycles. The summed E-state index contributed by atoms with van der Waals surface area (Å²) in [6, 6.07) is 10.9. The Balaban J connectivity index is 1.46. The summed E-state index contributed by atoms with van der Waals surface area (Å²) in [6.45, 7) is 2.91. The van der Waals surface area contributed by atoms with Crippen molar-refractivity contribution in [3.63, 3.8) is 0 Å². The number of amides is 1. The van der Waals surface area contributed by atoms with E-state index in [-0.39, 0.29) is 11.9 Å². The Morgan fingerprint density at radius 1 is 1.29 bits per heavy atom. The van der Waals surface area contributed by atoms with Gasteiger partial charge < -0.3 is 5.32 Å². The number of nitrogens with one attached hydrogen (secondary N) is 3. The maximum absolute atomic E-state index is 12.7. The van der Waals surface area contributed by atoms with Gasteiger partial charge in [-0.15, -0.1) is 11.3 Å². The maximum atomic E-state index is 12.7. The van der Waals surface area contributed by atoms with Crippen LogP contribution in [0.25, 0.3) is 10.6 Å². The second-order valence-corrected chi connectivity index (χ2v) is 7.67. The summed E-state index contributed by atoms with van der Waals surface area (Å²) in [5.41, 5.74) is 8.43. The normalized spacial score (nSPS) is 26.1. The Morgan fingerprint density at radius 3 is 2.96 bits per heavy atom. The summed E-state index contributed by atoms with van der Waals surface area (Å²) in [7, 11) is 0. The maximum Gasteiger partial charge on any atom is 0.263 e. The molecule has 2 aliphatic rings. The summed E-state index contributed by atoms with van der Waals surface area (Å²) < 4.78 is 0. The molecule has 3 unspecified atom stereocenters. The van der Waals surface area contributed by atoms with Crippen molar-refractivity contribution >= 4 is 17.2 Å². The Labute approximate surface area is 145 Å². The fourth-order valence-electron chi connectivity index (χ4n) is 3.69. The standard InChI is InChI=1S/C18H22N4OS/c1-11-16(24-18(20-11)12-5-3-2-4-6-12)17(23)21-14-7-8-15-13(9-14)10-19-22-15/h2-6,13-15,19,22H,7-10H2,1H3,(H,21,23). The Hall–Kier alpha value is -1.76. The van der Waals surface area contributed by atoms with Crippen LogP contribution in [0.3, 0.4) is 0 Å². The third-order valence-electron chi connectivity index (χ3n) is 4.99. The quantitative estimate of drug-likeness (QED) is 0.802. The third kappa shape index (κ3) is 3.09. The first-order valence-electron chi connectivity index (χ1n) is 8.53. The molecule has 1 saturated carbocycles. The zero-order chi connectivity index (χ0) is 16.5. The summed E-state index contributed by atoms with van der Waals surface area (Å²) in [5.74, 6) is 0.640. The van der Waals surface area contributed by atoms with Gasteiger partial charge in [0.1, 0.15) is 9.88 Å². The minimum Gasteiger partial charge on any atom is -0.349 e. The van der Waals surface area contributed by atoms with Crippen LogP contribution in [0.1, 0.15) is 34.6 Å². The first-order chi connectivity index (χ1) is 11.7. The number of hydrogen-bond acceptors (Lipinski definition) is 5. The number of fused-ring (bicyclic) bond motifs is 1. The third-order valence-corrected chi connectivity index (χ3v) is 6.20. The zero-order valence-corrected chi connectivity index (χ0v) is 14.5. The lowest BCUT2D eigenvalue weighted by Crippen LogP contribution is -2.44. The van der Waals surface area contributed by atoms with Crippen LogP contribution < -0.4 is 16.2 Å². The number of hydrogen-bond donors (Lipinski definition) is 3. The highest BCUT2D eigenvalue weighted by atomic mass is 32.1. The van der Waals surface area contributed by atoms with Gasteiger partial charge in [0.2, 0.25) is 0 Å². The molecule has 1 aliphatic carbocycles. The van der Waals surface area contributed by atoms with Gasteiger partial charge in [-0.3, -0.25) is 15.6 Å². The zero-order valence-electron chi connectivity index (χ0n) is 13.7. The molecule has 1 amide bonds. The van der Waals surface area contributed by atoms with Crippen molar-refractivity contribution in [1.29, 1.82) is 0 Å². The molecule has 5 nitrogen and oxygen atoms in total. The number of rotatable bonds is 3. The predicted octanol–water partition coefficient (Wildman–Crippen LogP) is 2.49. The van der Waals surface area contributed by atoms with Crippen molar-refractivity contribution in [2.75, 3.05) is 6.54 Å². The van der Waals surface area contributed by atoms with Gasteiger partial charge in [0, 0.05) is 24.2 Å². The Morgan fingerprint density at radius 2 is 2.12 bits per heavy atom. The van der Waals surface area contributed by atoms with Crippen LogP contribution in [0.2, 0.25) is 0 Å². The molecule has 1 aromatic heterocycles. The Kier molecular flexibility index (Phi) is 4.35. The number of aryl methyl sites for hydroxylation is 1. The first-order valence-corrected chi connectivity index (χ1v) is 9.34. The van der Waals surface area contributed by atoms with Crippen molar-refractivity contribution < 1.29 is 4.79 Å². The van der Waals surface area contributed by atoms with Crippen LogP contribution in [0.4, 0.5) is 0 Å². The first kappa shape index (κ1) is 15.7. The molecule has 2 fully saturated rings. The highest BCUT2D eigenvalue weighted by Gasteiger charge is 2.34. The van der Waals surface area contributed by atoms with Gasteiger partial charge in [-0.05, 0) is 32.1 Å². The summed E-state index contributed by atoms with van der Waals surface area (Å²) in [5, 5.41) is 4.14. The van der Waals surface area contributed by atoms with E-state index >= 15 is 0 Å². The SMILES string of the molecule is Cc1nc(-c2ccccc2)sc1C(=O)NC1CCC2NNCC2C1. The van der Waals surface area contributed by atoms with Crippen LogP contribution in [-0.2, 0) is 0 Å². The number of aromatic nitrogens is 1. The largest absolute Gasteiger partial charge is 0.349 e. The highest BCUT2D eigenvalue weighted by Crippen LogP contribution is 2.29. The van der Waals surface area contributed by atoms with Gasteiger partial charge in [-0.1, -0.05) is 30.3 Å². The molecule has 2 heterocycles. The molecule has 24 heavy (non-hydrogen) atoms. The predicted molar refractivity (Wildman–Crippen MR) is 95.8 cm³/mol. The lowest BCUT2D eigenvalue weighted by molar-refractivity contribution is 0.0921. The van der Waals surface area contributed by atoms with Gasteiger partial charge in [-0.25, -0.2) is 4.98 Å². The minimum atomic E-state index is 0.0227. The average Bonchev–Trinajstić information content (AvgIpc) is 3.21. The summed E-state index contributed by atoms with van der Waals surface area (Å²) >= 11 is 1.48. The molecule has 2 aromatic rings. The van der Waals surface area contributed by atoms with Crippen molar-refractivity contribution in [1.82, 2.24) is 21.2 Å². The molecular weight excluding hydrogens is 320 g/mol. The van der Waals surface area contributed by atoms with Crippen LogP contribution in [0.15, 0.2) is 30.3 Å². The number of thiazole rings is 1. The molecule has 0 radical (unpaired) electrons. The average molecular weight is 342 g/mol. The molecular formula is C18H22N4OS. The van der Waals surface area contributed by atoms with E-state index in [1.54, 1.807) is 0 Å². The van der Waals surface area contributed by atoms with E-state index in [0.717, 1.165) is 46.9 Å². The lowest BCUT2D eigenvalue weighted by atomic mass is 9.83. The molecule has 1 aromatic carbocycles. The van der Waals surface area contributed by atoms with E-state index in [4.69, 9.17) is 0 Å². The van der Waals surface area contributed by atoms with E-state index in [1.165, 1.54) is 11.3 Å². The van der Waals surface area contributed by atoms with Crippen LogP contribution >= 0.6 is 11.3 Å². The van der Waals surface area contributed by atoms with Gasteiger partial charge in [0.15, 0.2) is 0 Å². The van der Waals surface area contributed by atoms with E-state index < -0.39 is 0 Å². The fourth-order valence-corrected chi connectivity index (χ4v) is 4.67. The van der Waals surface area contributed by atoms with Crippen molar-refractivity contribution in [2.24, 2.45) is 5.92 Å². The summed E-state index contributed by atoms with van der Waals surface area (Å²) in [6.07, 6.45) is 3.18. The molecule has 6 heteroatoms. The van der Waals surface area contributed by atoms with Crippen molar-refractivity contribution in [3.8, 4) is 10.6 Å². The molecule has 4 rings (SSSR count). The van der Waals surface area contributed by atoms with E-state index in [0.29, 0.717) is 12.0 Å². The fraction of sp³-hybridized carbons (Fsp3) is 0.444. The number of carbonyl (C=O) groups excluding carboxylic acids is 1. The topological polar surface area (TPSA) is 66.0 Å². The van der Waals surface area contributed by atoms with Crippen molar-refractivity contribution in [2.45, 2.75) is 38.3 Å². The van der Waals surface area contributed by atoms with Crippen molar-refractivity contribution in [3.05, 3.63) is 40.9 Å². The monoisotopic (exact) mass is 342 g/mol. The molecule has 1 aliphatic heterocycles. The second-order valence-electron chi connectivity index (χ2n) is 6.67. The highest BCUT2D eigenvalue weighted by molar-refractivity contribution is 7.17. The van der Waals surface area contributed by atoms with Gasteiger partial charge in [-0.2, -0.15) is 0 Å². The lowest BCUT2D eigenvalue weighted by Gasteiger charge is -2.31. The van der Waals surface area contributed by atoms with Gasteiger partial charge >= 0.3 is 0 Å².